The lowest BCUT2D eigenvalue weighted by Crippen LogP contribution is -2.11. The van der Waals surface area contributed by atoms with E-state index in [9.17, 15) is 4.79 Å². The summed E-state index contributed by atoms with van der Waals surface area (Å²) >= 11 is 1.52. The van der Waals surface area contributed by atoms with Crippen molar-refractivity contribution in [2.24, 2.45) is 0 Å². The Kier molecular flexibility index (Phi) is 3.69. The zero-order valence-corrected chi connectivity index (χ0v) is 15.0. The van der Waals surface area contributed by atoms with Gasteiger partial charge in [-0.05, 0) is 42.5 Å². The van der Waals surface area contributed by atoms with E-state index in [0.29, 0.717) is 5.56 Å². The van der Waals surface area contributed by atoms with Crippen LogP contribution in [0.5, 0.6) is 0 Å². The number of nitrogens with zero attached hydrogens (tertiary/aromatic N) is 2. The van der Waals surface area contributed by atoms with E-state index in [1.807, 2.05) is 60.7 Å². The second-order valence-electron chi connectivity index (χ2n) is 6.17. The molecule has 0 aliphatic rings. The van der Waals surface area contributed by atoms with E-state index in [4.69, 9.17) is 0 Å². The second-order valence-corrected chi connectivity index (χ2v) is 7.06. The lowest BCUT2D eigenvalue weighted by molar-refractivity contribution is 0.102. The van der Waals surface area contributed by atoms with E-state index in [1.165, 1.54) is 11.3 Å². The molecule has 3 aromatic carbocycles. The number of benzene rings is 3. The average Bonchev–Trinajstić information content (AvgIpc) is 3.34. The Morgan fingerprint density at radius 1 is 0.963 bits per heavy atom. The van der Waals surface area contributed by atoms with E-state index in [2.05, 4.69) is 20.3 Å². The number of aromatic nitrogens is 3. The van der Waals surface area contributed by atoms with Gasteiger partial charge in [0.05, 0.1) is 26.8 Å². The van der Waals surface area contributed by atoms with Crippen molar-refractivity contribution in [3.8, 4) is 11.4 Å². The predicted octanol–water partition coefficient (Wildman–Crippen LogP) is 5.09. The van der Waals surface area contributed by atoms with Gasteiger partial charge >= 0.3 is 0 Å². The summed E-state index contributed by atoms with van der Waals surface area (Å²) in [5.41, 5.74) is 6.84. The van der Waals surface area contributed by atoms with Gasteiger partial charge in [-0.3, -0.25) is 4.79 Å². The molecule has 0 saturated carbocycles. The van der Waals surface area contributed by atoms with Crippen LogP contribution in [0.2, 0.25) is 0 Å². The quantitative estimate of drug-likeness (QED) is 0.465. The summed E-state index contributed by atoms with van der Waals surface area (Å²) in [6, 6.07) is 21.1. The molecule has 0 saturated heterocycles. The van der Waals surface area contributed by atoms with Crippen molar-refractivity contribution in [1.29, 1.82) is 0 Å². The third kappa shape index (κ3) is 2.96. The molecule has 2 aromatic heterocycles. The highest BCUT2D eigenvalue weighted by Crippen LogP contribution is 2.24. The molecule has 0 spiro atoms. The molecule has 5 nitrogen and oxygen atoms in total. The summed E-state index contributed by atoms with van der Waals surface area (Å²) in [5, 5.41) is 2.96. The fourth-order valence-electron chi connectivity index (χ4n) is 3.03. The zero-order valence-electron chi connectivity index (χ0n) is 14.1. The number of H-pyrrole nitrogens is 1. The summed E-state index contributed by atoms with van der Waals surface area (Å²) in [7, 11) is 0. The standard InChI is InChI=1S/C21H14N4OS/c26-21(14-8-9-18-19(11-14)27-12-22-18)23-15-5-3-4-13(10-15)20-24-16-6-1-2-7-17(16)25-20/h1-12H,(H,23,26)(H,24,25). The molecule has 0 atom stereocenters. The van der Waals surface area contributed by atoms with Crippen molar-refractivity contribution in [1.82, 2.24) is 15.0 Å². The third-order valence-electron chi connectivity index (χ3n) is 4.38. The molecule has 130 valence electrons. The molecule has 2 N–H and O–H groups in total. The van der Waals surface area contributed by atoms with Crippen molar-refractivity contribution in [3.63, 3.8) is 0 Å². The molecule has 6 heteroatoms. The summed E-state index contributed by atoms with van der Waals surface area (Å²) in [6.45, 7) is 0. The number of carbonyl (C=O) groups is 1. The van der Waals surface area contributed by atoms with Crippen molar-refractivity contribution < 1.29 is 4.79 Å². The number of hydrogen-bond donors (Lipinski definition) is 2. The highest BCUT2D eigenvalue weighted by Gasteiger charge is 2.10. The Bertz CT molecular complexity index is 1250. The highest BCUT2D eigenvalue weighted by atomic mass is 32.1. The summed E-state index contributed by atoms with van der Waals surface area (Å²) in [5.74, 6) is 0.630. The smallest absolute Gasteiger partial charge is 0.255 e. The van der Waals surface area contributed by atoms with Crippen LogP contribution in [0.1, 0.15) is 10.4 Å². The van der Waals surface area contributed by atoms with E-state index >= 15 is 0 Å². The zero-order chi connectivity index (χ0) is 18.2. The fourth-order valence-corrected chi connectivity index (χ4v) is 3.75. The van der Waals surface area contributed by atoms with Crippen molar-refractivity contribution >= 4 is 44.2 Å². The van der Waals surface area contributed by atoms with Gasteiger partial charge < -0.3 is 10.3 Å². The number of para-hydroxylation sites is 2. The first-order chi connectivity index (χ1) is 13.3. The van der Waals surface area contributed by atoms with Crippen LogP contribution in [-0.2, 0) is 0 Å². The van der Waals surface area contributed by atoms with Gasteiger partial charge in [-0.2, -0.15) is 0 Å². The van der Waals surface area contributed by atoms with Gasteiger partial charge in [0.2, 0.25) is 0 Å². The molecule has 0 aliphatic heterocycles. The number of amides is 1. The maximum absolute atomic E-state index is 12.6. The van der Waals surface area contributed by atoms with Gasteiger partial charge in [-0.15, -0.1) is 11.3 Å². The number of rotatable bonds is 3. The molecule has 0 fully saturated rings. The van der Waals surface area contributed by atoms with Crippen LogP contribution in [0.15, 0.2) is 72.2 Å². The third-order valence-corrected chi connectivity index (χ3v) is 5.17. The summed E-state index contributed by atoms with van der Waals surface area (Å²) < 4.78 is 0.999. The average molecular weight is 370 g/mol. The van der Waals surface area contributed by atoms with Crippen LogP contribution in [0, 0.1) is 0 Å². The lowest BCUT2D eigenvalue weighted by atomic mass is 10.1. The molecule has 0 aliphatic carbocycles. The SMILES string of the molecule is O=C(Nc1cccc(-c2nc3ccccc3[nH]2)c1)c1ccc2ncsc2c1. The van der Waals surface area contributed by atoms with Crippen LogP contribution < -0.4 is 5.32 Å². The molecule has 27 heavy (non-hydrogen) atoms. The number of thiazole rings is 1. The molecular weight excluding hydrogens is 356 g/mol. The van der Waals surface area contributed by atoms with Crippen molar-refractivity contribution in [3.05, 3.63) is 77.8 Å². The van der Waals surface area contributed by atoms with Crippen LogP contribution >= 0.6 is 11.3 Å². The van der Waals surface area contributed by atoms with Crippen LogP contribution in [-0.4, -0.2) is 20.9 Å². The monoisotopic (exact) mass is 370 g/mol. The molecule has 0 unspecified atom stereocenters. The number of carbonyl (C=O) groups excluding carboxylic acids is 1. The number of imidazole rings is 1. The Morgan fingerprint density at radius 3 is 2.81 bits per heavy atom. The van der Waals surface area contributed by atoms with Gasteiger partial charge in [0.15, 0.2) is 0 Å². The lowest BCUT2D eigenvalue weighted by Gasteiger charge is -2.07. The topological polar surface area (TPSA) is 70.7 Å². The molecular formula is C21H14N4OS. The number of hydrogen-bond acceptors (Lipinski definition) is 4. The molecule has 0 radical (unpaired) electrons. The first kappa shape index (κ1) is 15.7. The fraction of sp³-hybridized carbons (Fsp3) is 0. The minimum absolute atomic E-state index is 0.146. The maximum atomic E-state index is 12.6. The van der Waals surface area contributed by atoms with Gasteiger partial charge in [0.25, 0.3) is 5.91 Å². The van der Waals surface area contributed by atoms with E-state index < -0.39 is 0 Å². The van der Waals surface area contributed by atoms with Gasteiger partial charge in [0, 0.05) is 16.8 Å². The van der Waals surface area contributed by atoms with Gasteiger partial charge in [-0.25, -0.2) is 9.97 Å². The summed E-state index contributed by atoms with van der Waals surface area (Å²) in [4.78, 5) is 24.8. The minimum Gasteiger partial charge on any atom is -0.338 e. The number of fused-ring (bicyclic) bond motifs is 2. The Balaban J connectivity index is 1.43. The van der Waals surface area contributed by atoms with E-state index in [1.54, 1.807) is 11.6 Å². The molecule has 5 aromatic rings. The van der Waals surface area contributed by atoms with E-state index in [-0.39, 0.29) is 5.91 Å². The van der Waals surface area contributed by atoms with Gasteiger partial charge in [-0.1, -0.05) is 24.3 Å². The number of anilines is 1. The Labute approximate surface area is 158 Å². The van der Waals surface area contributed by atoms with Crippen molar-refractivity contribution in [2.45, 2.75) is 0 Å². The van der Waals surface area contributed by atoms with Crippen molar-refractivity contribution in [2.75, 3.05) is 5.32 Å². The number of aromatic amines is 1. The molecule has 1 amide bonds. The molecule has 2 heterocycles. The number of nitrogens with one attached hydrogen (secondary N) is 2. The van der Waals surface area contributed by atoms with E-state index in [0.717, 1.165) is 38.3 Å². The first-order valence-electron chi connectivity index (χ1n) is 8.46. The van der Waals surface area contributed by atoms with Crippen LogP contribution in [0.4, 0.5) is 5.69 Å². The summed E-state index contributed by atoms with van der Waals surface area (Å²) in [6.07, 6.45) is 0. The molecule has 5 rings (SSSR count). The second kappa shape index (κ2) is 6.34. The van der Waals surface area contributed by atoms with Crippen LogP contribution in [0.25, 0.3) is 32.6 Å². The highest BCUT2D eigenvalue weighted by molar-refractivity contribution is 7.16. The Hall–Kier alpha value is -3.51. The minimum atomic E-state index is -0.146. The predicted molar refractivity (Wildman–Crippen MR) is 109 cm³/mol. The normalized spacial score (nSPS) is 11.1. The molecule has 0 bridgehead atoms. The van der Waals surface area contributed by atoms with Gasteiger partial charge in [0.1, 0.15) is 5.82 Å². The Morgan fingerprint density at radius 2 is 1.89 bits per heavy atom. The largest absolute Gasteiger partial charge is 0.338 e. The first-order valence-corrected chi connectivity index (χ1v) is 9.34. The van der Waals surface area contributed by atoms with Crippen LogP contribution in [0.3, 0.4) is 0 Å². The maximum Gasteiger partial charge on any atom is 0.255 e.